The van der Waals surface area contributed by atoms with Crippen molar-refractivity contribution in [3.63, 3.8) is 0 Å². The third-order valence-electron chi connectivity index (χ3n) is 5.76. The predicted octanol–water partition coefficient (Wildman–Crippen LogP) is 3.87. The molecule has 0 atom stereocenters. The second-order valence-electron chi connectivity index (χ2n) is 7.89. The summed E-state index contributed by atoms with van der Waals surface area (Å²) in [4.78, 5) is 12.9. The number of carbonyl (C=O) groups excluding carboxylic acids is 1. The molecule has 3 aromatic rings. The van der Waals surface area contributed by atoms with E-state index in [0.29, 0.717) is 37.4 Å². The Labute approximate surface area is 177 Å². The van der Waals surface area contributed by atoms with Crippen LogP contribution in [0.2, 0.25) is 0 Å². The maximum atomic E-state index is 12.8. The molecule has 1 saturated heterocycles. The van der Waals surface area contributed by atoms with Gasteiger partial charge in [-0.05, 0) is 54.3 Å². The Balaban J connectivity index is 1.33. The zero-order valence-corrected chi connectivity index (χ0v) is 17.9. The van der Waals surface area contributed by atoms with Gasteiger partial charge in [0.15, 0.2) is 0 Å². The molecule has 1 aliphatic rings. The van der Waals surface area contributed by atoms with Gasteiger partial charge in [0.05, 0.1) is 4.90 Å². The van der Waals surface area contributed by atoms with Crippen molar-refractivity contribution in [1.29, 1.82) is 0 Å². The summed E-state index contributed by atoms with van der Waals surface area (Å²) >= 11 is 0. The third kappa shape index (κ3) is 4.40. The highest BCUT2D eigenvalue weighted by atomic mass is 32.2. The molecule has 1 N–H and O–H groups in total. The molecule has 0 spiro atoms. The van der Waals surface area contributed by atoms with Gasteiger partial charge in [0.25, 0.3) is 0 Å². The fourth-order valence-electron chi connectivity index (χ4n) is 3.90. The van der Waals surface area contributed by atoms with Crippen LogP contribution < -0.4 is 5.32 Å². The van der Waals surface area contributed by atoms with Gasteiger partial charge >= 0.3 is 0 Å². The summed E-state index contributed by atoms with van der Waals surface area (Å²) in [6.45, 7) is 3.14. The van der Waals surface area contributed by atoms with Gasteiger partial charge in [-0.3, -0.25) is 4.79 Å². The van der Waals surface area contributed by atoms with E-state index in [1.54, 1.807) is 24.3 Å². The number of aryl methyl sites for hydroxylation is 1. The van der Waals surface area contributed by atoms with E-state index < -0.39 is 10.0 Å². The first kappa shape index (κ1) is 20.6. The van der Waals surface area contributed by atoms with E-state index in [-0.39, 0.29) is 11.8 Å². The van der Waals surface area contributed by atoms with Crippen molar-refractivity contribution in [2.45, 2.75) is 31.2 Å². The Bertz CT molecular complexity index is 1150. The van der Waals surface area contributed by atoms with Crippen LogP contribution in [-0.4, -0.2) is 31.7 Å². The lowest BCUT2D eigenvalue weighted by atomic mass is 9.97. The highest BCUT2D eigenvalue weighted by Gasteiger charge is 2.31. The lowest BCUT2D eigenvalue weighted by molar-refractivity contribution is -0.126. The monoisotopic (exact) mass is 422 g/mol. The van der Waals surface area contributed by atoms with E-state index in [9.17, 15) is 13.2 Å². The Morgan fingerprint density at radius 1 is 0.967 bits per heavy atom. The number of nitrogens with zero attached hydrogens (tertiary/aromatic N) is 1. The van der Waals surface area contributed by atoms with Crippen molar-refractivity contribution >= 4 is 26.7 Å². The van der Waals surface area contributed by atoms with E-state index in [1.807, 2.05) is 25.1 Å². The Kier molecular flexibility index (Phi) is 5.88. The fraction of sp³-hybridized carbons (Fsp3) is 0.292. The van der Waals surface area contributed by atoms with Gasteiger partial charge in [-0.1, -0.05) is 54.1 Å². The number of hydrogen-bond donors (Lipinski definition) is 1. The van der Waals surface area contributed by atoms with Crippen molar-refractivity contribution in [1.82, 2.24) is 9.62 Å². The molecule has 30 heavy (non-hydrogen) atoms. The van der Waals surface area contributed by atoms with Crippen LogP contribution in [0.15, 0.2) is 71.6 Å². The van der Waals surface area contributed by atoms with Crippen molar-refractivity contribution in [2.24, 2.45) is 5.92 Å². The smallest absolute Gasteiger partial charge is 0.243 e. The van der Waals surface area contributed by atoms with E-state index in [2.05, 4.69) is 29.6 Å². The zero-order valence-electron chi connectivity index (χ0n) is 17.0. The van der Waals surface area contributed by atoms with E-state index >= 15 is 0 Å². The van der Waals surface area contributed by atoms with Crippen LogP contribution in [0.3, 0.4) is 0 Å². The number of carbonyl (C=O) groups is 1. The van der Waals surface area contributed by atoms with Crippen LogP contribution in [0.5, 0.6) is 0 Å². The first-order valence-corrected chi connectivity index (χ1v) is 11.7. The second kappa shape index (κ2) is 8.58. The molecule has 5 nitrogen and oxygen atoms in total. The normalized spacial score (nSPS) is 15.9. The first-order valence-electron chi connectivity index (χ1n) is 10.3. The van der Waals surface area contributed by atoms with Crippen LogP contribution in [0.25, 0.3) is 10.8 Å². The second-order valence-corrected chi connectivity index (χ2v) is 9.83. The molecule has 156 valence electrons. The minimum absolute atomic E-state index is 0.00413. The topological polar surface area (TPSA) is 66.5 Å². The average Bonchev–Trinajstić information content (AvgIpc) is 2.77. The molecule has 0 bridgehead atoms. The minimum atomic E-state index is -3.50. The molecule has 1 fully saturated rings. The highest BCUT2D eigenvalue weighted by Crippen LogP contribution is 2.24. The number of hydrogen-bond acceptors (Lipinski definition) is 3. The Morgan fingerprint density at radius 3 is 2.33 bits per heavy atom. The number of fused-ring (bicyclic) bond motifs is 1. The quantitative estimate of drug-likeness (QED) is 0.679. The molecule has 0 radical (unpaired) electrons. The molecule has 1 amide bonds. The molecule has 1 heterocycles. The molecule has 0 unspecified atom stereocenters. The lowest BCUT2D eigenvalue weighted by Crippen LogP contribution is -2.42. The summed E-state index contributed by atoms with van der Waals surface area (Å²) in [6.07, 6.45) is 1.07. The van der Waals surface area contributed by atoms with Gasteiger partial charge in [-0.25, -0.2) is 8.42 Å². The summed E-state index contributed by atoms with van der Waals surface area (Å²) in [7, 11) is -3.50. The standard InChI is InChI=1S/C24H26N2O3S/c1-18-6-10-23(11-7-18)30(28,29)26-14-12-21(13-15-26)24(27)25-17-19-8-9-20-4-2-3-5-22(20)16-19/h2-11,16,21H,12-15,17H2,1H3,(H,25,27). The molecule has 0 aromatic heterocycles. The maximum Gasteiger partial charge on any atom is 0.243 e. The minimum Gasteiger partial charge on any atom is -0.352 e. The summed E-state index contributed by atoms with van der Waals surface area (Å²) in [6, 6.07) is 21.2. The lowest BCUT2D eigenvalue weighted by Gasteiger charge is -2.30. The van der Waals surface area contributed by atoms with Gasteiger partial charge in [-0.15, -0.1) is 0 Å². The molecular weight excluding hydrogens is 396 g/mol. The van der Waals surface area contributed by atoms with Gasteiger partial charge in [0, 0.05) is 25.6 Å². The third-order valence-corrected chi connectivity index (χ3v) is 7.68. The highest BCUT2D eigenvalue weighted by molar-refractivity contribution is 7.89. The Morgan fingerprint density at radius 2 is 1.63 bits per heavy atom. The van der Waals surface area contributed by atoms with Gasteiger partial charge in [0.1, 0.15) is 0 Å². The predicted molar refractivity (Wildman–Crippen MR) is 118 cm³/mol. The number of rotatable bonds is 5. The van der Waals surface area contributed by atoms with Crippen molar-refractivity contribution < 1.29 is 13.2 Å². The van der Waals surface area contributed by atoms with E-state index in [4.69, 9.17) is 0 Å². The van der Waals surface area contributed by atoms with Crippen LogP contribution in [0, 0.1) is 12.8 Å². The summed E-state index contributed by atoms with van der Waals surface area (Å²) < 4.78 is 27.1. The van der Waals surface area contributed by atoms with Gasteiger partial charge in [-0.2, -0.15) is 4.31 Å². The number of piperidine rings is 1. The molecule has 3 aromatic carbocycles. The zero-order chi connectivity index (χ0) is 21.1. The molecule has 6 heteroatoms. The maximum absolute atomic E-state index is 12.8. The molecule has 0 aliphatic carbocycles. The van der Waals surface area contributed by atoms with Crippen molar-refractivity contribution in [2.75, 3.05) is 13.1 Å². The first-order chi connectivity index (χ1) is 14.4. The number of benzene rings is 3. The molecular formula is C24H26N2O3S. The van der Waals surface area contributed by atoms with E-state index in [0.717, 1.165) is 16.5 Å². The largest absolute Gasteiger partial charge is 0.352 e. The van der Waals surface area contributed by atoms with Crippen LogP contribution in [0.1, 0.15) is 24.0 Å². The van der Waals surface area contributed by atoms with E-state index in [1.165, 1.54) is 9.69 Å². The fourth-order valence-corrected chi connectivity index (χ4v) is 5.37. The van der Waals surface area contributed by atoms with Crippen LogP contribution >= 0.6 is 0 Å². The number of amides is 1. The van der Waals surface area contributed by atoms with Crippen LogP contribution in [-0.2, 0) is 21.4 Å². The van der Waals surface area contributed by atoms with Gasteiger partial charge in [0.2, 0.25) is 15.9 Å². The number of nitrogens with one attached hydrogen (secondary N) is 1. The summed E-state index contributed by atoms with van der Waals surface area (Å²) in [5.41, 5.74) is 2.08. The van der Waals surface area contributed by atoms with Gasteiger partial charge < -0.3 is 5.32 Å². The van der Waals surface area contributed by atoms with Crippen LogP contribution in [0.4, 0.5) is 0 Å². The molecule has 4 rings (SSSR count). The van der Waals surface area contributed by atoms with Crippen molar-refractivity contribution in [3.05, 3.63) is 77.9 Å². The number of sulfonamides is 1. The molecule has 1 aliphatic heterocycles. The summed E-state index contributed by atoms with van der Waals surface area (Å²) in [5.74, 6) is -0.162. The Hall–Kier alpha value is -2.70. The average molecular weight is 423 g/mol. The molecule has 0 saturated carbocycles. The summed E-state index contributed by atoms with van der Waals surface area (Å²) in [5, 5.41) is 5.35. The SMILES string of the molecule is Cc1ccc(S(=O)(=O)N2CCC(C(=O)NCc3ccc4ccccc4c3)CC2)cc1. The van der Waals surface area contributed by atoms with Crippen molar-refractivity contribution in [3.8, 4) is 0 Å².